The molecule has 0 radical (unpaired) electrons. The Morgan fingerprint density at radius 2 is 1.67 bits per heavy atom. The van der Waals surface area contributed by atoms with E-state index in [1.54, 1.807) is 17.0 Å². The second-order valence-corrected chi connectivity index (χ2v) is 7.02. The van der Waals surface area contributed by atoms with E-state index in [9.17, 15) is 9.59 Å². The highest BCUT2D eigenvalue weighted by atomic mass is 16.5. The van der Waals surface area contributed by atoms with Gasteiger partial charge >= 0.3 is 6.03 Å². The molecule has 0 aromatic heterocycles. The maximum absolute atomic E-state index is 12.7. The summed E-state index contributed by atoms with van der Waals surface area (Å²) in [4.78, 5) is 26.1. The summed E-state index contributed by atoms with van der Waals surface area (Å²) in [7, 11) is 0. The maximum Gasteiger partial charge on any atom is 0.321 e. The van der Waals surface area contributed by atoms with E-state index in [0.717, 1.165) is 11.3 Å². The van der Waals surface area contributed by atoms with Gasteiger partial charge in [-0.2, -0.15) is 0 Å². The molecule has 0 unspecified atom stereocenters. The molecule has 2 aromatic rings. The number of nitrogens with one attached hydrogen (secondary N) is 2. The molecule has 0 saturated carbocycles. The normalized spacial score (nSPS) is 12.5. The zero-order valence-corrected chi connectivity index (χ0v) is 19.2. The molecule has 0 bridgehead atoms. The van der Waals surface area contributed by atoms with Crippen LogP contribution in [-0.2, 0) is 0 Å². The molecule has 1 fully saturated rings. The molecule has 2 aromatic carbocycles. The molecular formula is C25H29N3O5. The second-order valence-electron chi connectivity index (χ2n) is 7.02. The van der Waals surface area contributed by atoms with Gasteiger partial charge in [0.05, 0.1) is 26.4 Å². The Labute approximate surface area is 194 Å². The molecule has 8 nitrogen and oxygen atoms in total. The fraction of sp³-hybridized carbons (Fsp3) is 0.360. The van der Waals surface area contributed by atoms with Crippen LogP contribution in [-0.4, -0.2) is 51.4 Å². The van der Waals surface area contributed by atoms with Gasteiger partial charge in [-0.05, 0) is 57.2 Å². The smallest absolute Gasteiger partial charge is 0.321 e. The molecule has 2 N–H and O–H groups in total. The minimum atomic E-state index is -0.287. The number of rotatable bonds is 9. The third-order valence-electron chi connectivity index (χ3n) is 4.78. The number of amides is 3. The van der Waals surface area contributed by atoms with Gasteiger partial charge in [0.2, 0.25) is 5.75 Å². The zero-order chi connectivity index (χ0) is 23.6. The molecule has 1 aliphatic heterocycles. The van der Waals surface area contributed by atoms with Crippen molar-refractivity contribution in [1.82, 2.24) is 10.6 Å². The van der Waals surface area contributed by atoms with E-state index in [2.05, 4.69) is 22.5 Å². The fourth-order valence-corrected chi connectivity index (χ4v) is 3.34. The predicted molar refractivity (Wildman–Crippen MR) is 126 cm³/mol. The Morgan fingerprint density at radius 3 is 2.21 bits per heavy atom. The molecule has 1 saturated heterocycles. The van der Waals surface area contributed by atoms with Crippen LogP contribution in [0.4, 0.5) is 10.5 Å². The summed E-state index contributed by atoms with van der Waals surface area (Å²) in [5.41, 5.74) is 2.03. The average Bonchev–Trinajstić information content (AvgIpc) is 3.25. The maximum atomic E-state index is 12.7. The predicted octanol–water partition coefficient (Wildman–Crippen LogP) is 3.19. The minimum absolute atomic E-state index is 0.0918. The first-order valence-corrected chi connectivity index (χ1v) is 11.1. The highest BCUT2D eigenvalue weighted by Crippen LogP contribution is 2.39. The van der Waals surface area contributed by atoms with Crippen LogP contribution in [0.1, 0.15) is 36.7 Å². The highest BCUT2D eigenvalue weighted by molar-refractivity contribution is 5.96. The molecule has 8 heteroatoms. The van der Waals surface area contributed by atoms with Crippen molar-refractivity contribution >= 4 is 17.6 Å². The summed E-state index contributed by atoms with van der Waals surface area (Å²) in [6.07, 6.45) is 0. The van der Waals surface area contributed by atoms with Crippen molar-refractivity contribution in [2.24, 2.45) is 0 Å². The van der Waals surface area contributed by atoms with Crippen LogP contribution in [0.15, 0.2) is 36.4 Å². The molecule has 1 heterocycles. The Morgan fingerprint density at radius 1 is 1.03 bits per heavy atom. The summed E-state index contributed by atoms with van der Waals surface area (Å²) in [6, 6.07) is 10.6. The molecule has 33 heavy (non-hydrogen) atoms. The number of ether oxygens (including phenoxy) is 3. The first kappa shape index (κ1) is 23.8. The van der Waals surface area contributed by atoms with Gasteiger partial charge in [-0.15, -0.1) is 0 Å². The Kier molecular flexibility index (Phi) is 8.42. The van der Waals surface area contributed by atoms with E-state index >= 15 is 0 Å². The van der Waals surface area contributed by atoms with Crippen molar-refractivity contribution in [3.8, 4) is 29.1 Å². The highest BCUT2D eigenvalue weighted by Gasteiger charge is 2.20. The summed E-state index contributed by atoms with van der Waals surface area (Å²) in [5.74, 6) is 7.10. The topological polar surface area (TPSA) is 89.1 Å². The van der Waals surface area contributed by atoms with Crippen LogP contribution in [0, 0.1) is 11.8 Å². The standard InChI is InChI=1S/C25H29N3O5/c1-4-31-21-16-19(17-22(32-5-2)23(21)33-6-3)24(29)26-13-7-8-18-9-11-20(12-10-18)28-15-14-27-25(28)30/h9-12,16-17H,4-6,13-15H2,1-3H3,(H,26,29)(H,27,30). The molecule has 3 amide bonds. The van der Waals surface area contributed by atoms with Crippen molar-refractivity contribution in [3.63, 3.8) is 0 Å². The monoisotopic (exact) mass is 451 g/mol. The van der Waals surface area contributed by atoms with E-state index in [1.807, 2.05) is 45.0 Å². The third kappa shape index (κ3) is 6.10. The van der Waals surface area contributed by atoms with E-state index < -0.39 is 0 Å². The van der Waals surface area contributed by atoms with Gasteiger partial charge in [-0.3, -0.25) is 9.69 Å². The second kappa shape index (κ2) is 11.7. The molecular weight excluding hydrogens is 422 g/mol. The number of hydrogen-bond acceptors (Lipinski definition) is 5. The third-order valence-corrected chi connectivity index (χ3v) is 4.78. The van der Waals surface area contributed by atoms with Crippen LogP contribution < -0.4 is 29.7 Å². The summed E-state index contributed by atoms with van der Waals surface area (Å²) >= 11 is 0. The van der Waals surface area contributed by atoms with E-state index in [0.29, 0.717) is 55.7 Å². The lowest BCUT2D eigenvalue weighted by Gasteiger charge is -2.16. The Balaban J connectivity index is 1.65. The summed E-state index contributed by atoms with van der Waals surface area (Å²) < 4.78 is 17.0. The largest absolute Gasteiger partial charge is 0.490 e. The zero-order valence-electron chi connectivity index (χ0n) is 19.2. The van der Waals surface area contributed by atoms with Gasteiger partial charge in [0.15, 0.2) is 11.5 Å². The van der Waals surface area contributed by atoms with Crippen LogP contribution in [0.25, 0.3) is 0 Å². The van der Waals surface area contributed by atoms with Gasteiger partial charge < -0.3 is 24.8 Å². The van der Waals surface area contributed by atoms with E-state index in [1.165, 1.54) is 0 Å². The molecule has 1 aliphatic rings. The van der Waals surface area contributed by atoms with Gasteiger partial charge in [0, 0.05) is 29.9 Å². The lowest BCUT2D eigenvalue weighted by molar-refractivity contribution is 0.0957. The molecule has 0 aliphatic carbocycles. The van der Waals surface area contributed by atoms with Gasteiger partial charge in [0.1, 0.15) is 0 Å². The first-order chi connectivity index (χ1) is 16.1. The Bertz CT molecular complexity index is 1010. The van der Waals surface area contributed by atoms with Crippen LogP contribution in [0.2, 0.25) is 0 Å². The SMILES string of the molecule is CCOc1cc(C(=O)NCC#Cc2ccc(N3CCNC3=O)cc2)cc(OCC)c1OCC. The summed E-state index contributed by atoms with van der Waals surface area (Å²) in [6.45, 7) is 8.40. The van der Waals surface area contributed by atoms with Crippen LogP contribution in [0.3, 0.4) is 0 Å². The minimum Gasteiger partial charge on any atom is -0.490 e. The van der Waals surface area contributed by atoms with Crippen molar-refractivity contribution in [3.05, 3.63) is 47.5 Å². The van der Waals surface area contributed by atoms with Crippen molar-refractivity contribution in [2.45, 2.75) is 20.8 Å². The molecule has 0 spiro atoms. The van der Waals surface area contributed by atoms with E-state index in [-0.39, 0.29) is 18.5 Å². The van der Waals surface area contributed by atoms with Crippen molar-refractivity contribution in [1.29, 1.82) is 0 Å². The van der Waals surface area contributed by atoms with Gasteiger partial charge in [-0.25, -0.2) is 4.79 Å². The average molecular weight is 452 g/mol. The fourth-order valence-electron chi connectivity index (χ4n) is 3.34. The number of anilines is 1. The summed E-state index contributed by atoms with van der Waals surface area (Å²) in [5, 5.41) is 5.57. The number of carbonyl (C=O) groups is 2. The first-order valence-electron chi connectivity index (χ1n) is 11.1. The number of benzene rings is 2. The van der Waals surface area contributed by atoms with Crippen molar-refractivity contribution in [2.75, 3.05) is 44.4 Å². The number of hydrogen-bond donors (Lipinski definition) is 2. The lowest BCUT2D eigenvalue weighted by atomic mass is 10.1. The molecule has 3 rings (SSSR count). The van der Waals surface area contributed by atoms with Crippen LogP contribution >= 0.6 is 0 Å². The number of nitrogens with zero attached hydrogens (tertiary/aromatic N) is 1. The lowest BCUT2D eigenvalue weighted by Crippen LogP contribution is -2.27. The van der Waals surface area contributed by atoms with E-state index in [4.69, 9.17) is 14.2 Å². The Hall–Kier alpha value is -3.86. The van der Waals surface area contributed by atoms with Gasteiger partial charge in [0.25, 0.3) is 5.91 Å². The van der Waals surface area contributed by atoms with Crippen LogP contribution in [0.5, 0.6) is 17.2 Å². The number of carbonyl (C=O) groups excluding carboxylic acids is 2. The van der Waals surface area contributed by atoms with Crippen molar-refractivity contribution < 1.29 is 23.8 Å². The molecule has 0 atom stereocenters. The number of urea groups is 1. The van der Waals surface area contributed by atoms with Gasteiger partial charge in [-0.1, -0.05) is 11.8 Å². The quantitative estimate of drug-likeness (QED) is 0.572. The molecule has 174 valence electrons.